The maximum Gasteiger partial charge on any atom is 0.336 e. The van der Waals surface area contributed by atoms with Crippen molar-refractivity contribution in [1.29, 1.82) is 0 Å². The van der Waals surface area contributed by atoms with Crippen LogP contribution in [0.25, 0.3) is 22.3 Å². The quantitative estimate of drug-likeness (QED) is 0.227. The Kier molecular flexibility index (Phi) is 8.62. The fraction of sp³-hybridized carbons (Fsp3) is 0.171. The number of carbonyl (C=O) groups excluding carboxylic acids is 1. The van der Waals surface area contributed by atoms with Gasteiger partial charge in [-0.05, 0) is 11.1 Å². The van der Waals surface area contributed by atoms with Crippen molar-refractivity contribution in [3.05, 3.63) is 161 Å². The minimum Gasteiger partial charge on any atom is -0.419 e. The number of benzene rings is 3. The Balaban J connectivity index is 1.17. The third-order valence-electron chi connectivity index (χ3n) is 7.96. The zero-order valence-electron chi connectivity index (χ0n) is 25.6. The Labute approximate surface area is 274 Å². The van der Waals surface area contributed by atoms with E-state index in [1.165, 1.54) is 11.1 Å². The predicted molar refractivity (Wildman–Crippen MR) is 173 cm³/mol. The maximum atomic E-state index is 13.8. The molecule has 3 aromatic heterocycles. The first-order chi connectivity index (χ1) is 23.8. The molecule has 1 saturated heterocycles. The molecule has 0 saturated carbocycles. The highest BCUT2D eigenvalue weighted by molar-refractivity contribution is 6.16. The number of rotatable bonds is 7. The number of carbonyl (C=O) groups is 1. The van der Waals surface area contributed by atoms with Crippen molar-refractivity contribution >= 4 is 28.1 Å². The van der Waals surface area contributed by atoms with E-state index in [4.69, 9.17) is 22.2 Å². The molecular formula is C35H26N4O10. The largest absolute Gasteiger partial charge is 0.419 e. The van der Waals surface area contributed by atoms with E-state index in [1.54, 1.807) is 0 Å². The van der Waals surface area contributed by atoms with Crippen LogP contribution in [0.4, 0.5) is 0 Å². The molecule has 49 heavy (non-hydrogen) atoms. The van der Waals surface area contributed by atoms with Crippen LogP contribution in [0.2, 0.25) is 0 Å². The Morgan fingerprint density at radius 3 is 1.78 bits per heavy atom. The average molecular weight is 663 g/mol. The van der Waals surface area contributed by atoms with Crippen LogP contribution in [-0.2, 0) is 6.54 Å². The van der Waals surface area contributed by atoms with E-state index in [9.17, 15) is 24.0 Å². The smallest absolute Gasteiger partial charge is 0.336 e. The van der Waals surface area contributed by atoms with Crippen LogP contribution in [0.15, 0.2) is 132 Å². The van der Waals surface area contributed by atoms with Crippen LogP contribution in [0.1, 0.15) is 39.2 Å². The molecule has 0 radical (unpaired) electrons. The summed E-state index contributed by atoms with van der Waals surface area (Å²) in [7, 11) is 0. The fourth-order valence-corrected chi connectivity index (χ4v) is 5.74. The number of fused-ring (bicyclic) bond motifs is 3. The molecule has 0 aliphatic carbocycles. The normalized spacial score (nSPS) is 13.9. The van der Waals surface area contributed by atoms with Crippen LogP contribution in [0.5, 0.6) is 0 Å². The monoisotopic (exact) mass is 662 g/mol. The Morgan fingerprint density at radius 1 is 0.653 bits per heavy atom. The predicted octanol–water partition coefficient (Wildman–Crippen LogP) is 3.45. The Hall–Kier alpha value is -6.25. The van der Waals surface area contributed by atoms with Gasteiger partial charge in [0.1, 0.15) is 0 Å². The molecule has 1 aliphatic heterocycles. The van der Waals surface area contributed by atoms with Gasteiger partial charge < -0.3 is 22.2 Å². The summed E-state index contributed by atoms with van der Waals surface area (Å²) in [5.41, 5.74) is -4.32. The lowest BCUT2D eigenvalue weighted by Crippen LogP contribution is -2.47. The first-order valence-electron chi connectivity index (χ1n) is 15.2. The first kappa shape index (κ1) is 31.4. The standard InChI is InChI=1S/C35H26N4O10/c40-26-11-12-28(42)47-33-24(45-26)19-23(32-34(33)48-29(43)14-13-27(41)46-32)31(44)35-36-25(49-37-35)20-38-15-17-39(18-16-38)30(21-7-3-1-4-8-21)22-9-5-2-6-10-22/h1-14,19,30H,15-18,20H2. The minimum atomic E-state index is -1.05. The molecule has 0 bridgehead atoms. The van der Waals surface area contributed by atoms with E-state index >= 15 is 0 Å². The van der Waals surface area contributed by atoms with Crippen LogP contribution in [-0.4, -0.2) is 51.9 Å². The summed E-state index contributed by atoms with van der Waals surface area (Å²) in [6.07, 6.45) is 0. The fourth-order valence-electron chi connectivity index (χ4n) is 5.74. The molecule has 0 unspecified atom stereocenters. The summed E-state index contributed by atoms with van der Waals surface area (Å²) in [6.45, 7) is 3.15. The molecule has 1 aliphatic rings. The molecule has 14 heteroatoms. The SMILES string of the molecule is O=C(c1noc(CN2CCN(C(c3ccccc3)c3ccccc3)CC2)n1)c1cc2oc(=O)ccc(=O)oc2c2oc(=O)ccc(=O)oc12. The van der Waals surface area contributed by atoms with E-state index in [0.29, 0.717) is 13.1 Å². The summed E-state index contributed by atoms with van der Waals surface area (Å²) in [5, 5.41) is 3.84. The highest BCUT2D eigenvalue weighted by atomic mass is 16.5. The molecule has 246 valence electrons. The van der Waals surface area contributed by atoms with Crippen LogP contribution in [0.3, 0.4) is 0 Å². The van der Waals surface area contributed by atoms with Gasteiger partial charge in [0, 0.05) is 56.5 Å². The van der Waals surface area contributed by atoms with Crippen molar-refractivity contribution in [3.63, 3.8) is 0 Å². The number of nitrogens with zero attached hydrogens (tertiary/aromatic N) is 4. The van der Waals surface area contributed by atoms with E-state index in [0.717, 1.165) is 43.4 Å². The zero-order valence-corrected chi connectivity index (χ0v) is 25.6. The van der Waals surface area contributed by atoms with E-state index in [-0.39, 0.29) is 18.5 Å². The van der Waals surface area contributed by atoms with Gasteiger partial charge in [0.15, 0.2) is 11.2 Å². The van der Waals surface area contributed by atoms with Gasteiger partial charge in [0.25, 0.3) is 0 Å². The number of piperazine rings is 1. The van der Waals surface area contributed by atoms with Crippen LogP contribution in [0, 0.1) is 0 Å². The second kappa shape index (κ2) is 13.5. The van der Waals surface area contributed by atoms with Crippen molar-refractivity contribution < 1.29 is 27.0 Å². The van der Waals surface area contributed by atoms with Crippen molar-refractivity contribution in [2.75, 3.05) is 26.2 Å². The lowest BCUT2D eigenvalue weighted by atomic mass is 9.96. The summed E-state index contributed by atoms with van der Waals surface area (Å²) < 4.78 is 26.4. The number of aromatic nitrogens is 2. The molecule has 4 heterocycles. The molecule has 0 atom stereocenters. The van der Waals surface area contributed by atoms with Crippen molar-refractivity contribution in [2.45, 2.75) is 12.6 Å². The minimum absolute atomic E-state index is 0.0876. The van der Waals surface area contributed by atoms with E-state index in [1.807, 2.05) is 36.4 Å². The topological polar surface area (TPSA) is 183 Å². The molecule has 6 aromatic rings. The molecular weight excluding hydrogens is 636 g/mol. The molecule has 14 nitrogen and oxygen atoms in total. The van der Waals surface area contributed by atoms with E-state index in [2.05, 4.69) is 44.2 Å². The summed E-state index contributed by atoms with van der Waals surface area (Å²) in [4.78, 5) is 71.9. The third kappa shape index (κ3) is 6.76. The molecule has 0 amide bonds. The first-order valence-corrected chi connectivity index (χ1v) is 15.2. The van der Waals surface area contributed by atoms with Crippen molar-refractivity contribution in [2.24, 2.45) is 0 Å². The zero-order chi connectivity index (χ0) is 33.9. The summed E-state index contributed by atoms with van der Waals surface area (Å²) in [6, 6.07) is 24.9. The van der Waals surface area contributed by atoms with Gasteiger partial charge in [-0.3, -0.25) is 14.6 Å². The van der Waals surface area contributed by atoms with Gasteiger partial charge in [0.2, 0.25) is 28.7 Å². The molecule has 3 aromatic carbocycles. The van der Waals surface area contributed by atoms with Gasteiger partial charge in [-0.2, -0.15) is 4.98 Å². The van der Waals surface area contributed by atoms with Gasteiger partial charge in [0.05, 0.1) is 18.2 Å². The highest BCUT2D eigenvalue weighted by Gasteiger charge is 2.29. The third-order valence-corrected chi connectivity index (χ3v) is 7.96. The Morgan fingerprint density at radius 2 is 1.18 bits per heavy atom. The highest BCUT2D eigenvalue weighted by Crippen LogP contribution is 2.30. The number of hydrogen-bond donors (Lipinski definition) is 0. The van der Waals surface area contributed by atoms with Gasteiger partial charge >= 0.3 is 22.5 Å². The number of hydrogen-bond acceptors (Lipinski definition) is 14. The van der Waals surface area contributed by atoms with Crippen molar-refractivity contribution in [3.8, 4) is 0 Å². The van der Waals surface area contributed by atoms with Gasteiger partial charge in [-0.1, -0.05) is 65.8 Å². The Bertz CT molecular complexity index is 2420. The lowest BCUT2D eigenvalue weighted by molar-refractivity contribution is 0.0966. The molecule has 7 rings (SSSR count). The van der Waals surface area contributed by atoms with E-state index < -0.39 is 62.0 Å². The molecule has 1 fully saturated rings. The summed E-state index contributed by atoms with van der Waals surface area (Å²) in [5.74, 6) is -1.16. The lowest BCUT2D eigenvalue weighted by Gasteiger charge is -2.39. The maximum absolute atomic E-state index is 13.8. The average Bonchev–Trinajstić information content (AvgIpc) is 3.57. The van der Waals surface area contributed by atoms with Gasteiger partial charge in [-0.15, -0.1) is 0 Å². The van der Waals surface area contributed by atoms with Crippen molar-refractivity contribution in [1.82, 2.24) is 19.9 Å². The molecule has 0 N–H and O–H groups in total. The number of ketones is 1. The summed E-state index contributed by atoms with van der Waals surface area (Å²) >= 11 is 0. The van der Waals surface area contributed by atoms with Crippen LogP contribution < -0.4 is 22.5 Å². The molecule has 0 spiro atoms. The van der Waals surface area contributed by atoms with Gasteiger partial charge in [-0.25, -0.2) is 19.2 Å². The second-order valence-electron chi connectivity index (χ2n) is 11.1. The van der Waals surface area contributed by atoms with Crippen LogP contribution >= 0.6 is 0 Å². The second-order valence-corrected chi connectivity index (χ2v) is 11.1.